The van der Waals surface area contributed by atoms with Crippen molar-refractivity contribution in [1.29, 1.82) is 0 Å². The average Bonchev–Trinajstić information content (AvgIpc) is 2.42. The maximum absolute atomic E-state index is 11.9. The number of hydrogen-bond donors (Lipinski definition) is 2. The summed E-state index contributed by atoms with van der Waals surface area (Å²) in [5, 5.41) is 5.89. The first kappa shape index (κ1) is 12.2. The molecule has 2 aromatic rings. The van der Waals surface area contributed by atoms with Crippen LogP contribution < -0.4 is 10.6 Å². The van der Waals surface area contributed by atoms with Crippen LogP contribution >= 0.6 is 0 Å². The van der Waals surface area contributed by atoms with Gasteiger partial charge < -0.3 is 10.6 Å². The highest BCUT2D eigenvalue weighted by Gasteiger charge is 2.09. The number of amides is 1. The normalized spacial score (nSPS) is 10.1. The number of hydrogen-bond acceptors (Lipinski definition) is 4. The van der Waals surface area contributed by atoms with Gasteiger partial charge >= 0.3 is 0 Å². The zero-order valence-corrected chi connectivity index (χ0v) is 10.1. The van der Waals surface area contributed by atoms with E-state index in [-0.39, 0.29) is 5.91 Å². The van der Waals surface area contributed by atoms with Gasteiger partial charge in [0.25, 0.3) is 5.91 Å². The van der Waals surface area contributed by atoms with Gasteiger partial charge in [0.1, 0.15) is 5.69 Å². The van der Waals surface area contributed by atoms with Crippen LogP contribution in [0.25, 0.3) is 0 Å². The molecule has 1 aromatic heterocycles. The predicted molar refractivity (Wildman–Crippen MR) is 69.2 cm³/mol. The standard InChI is InChI=1S/C13H14N4O/c1-14-8-10-4-2-3-5-11(10)17-13(18)12-9-15-6-7-16-12/h2-7,9,14H,8H2,1H3,(H,17,18). The molecule has 0 aliphatic rings. The molecular formula is C13H14N4O. The second kappa shape index (κ2) is 5.88. The monoisotopic (exact) mass is 242 g/mol. The second-order valence-corrected chi connectivity index (χ2v) is 3.73. The van der Waals surface area contributed by atoms with Gasteiger partial charge in [0.15, 0.2) is 0 Å². The SMILES string of the molecule is CNCc1ccccc1NC(=O)c1cnccn1. The third-order valence-corrected chi connectivity index (χ3v) is 2.43. The number of nitrogens with zero attached hydrogens (tertiary/aromatic N) is 2. The Morgan fingerprint density at radius 3 is 2.83 bits per heavy atom. The van der Waals surface area contributed by atoms with E-state index in [2.05, 4.69) is 20.6 Å². The van der Waals surface area contributed by atoms with Gasteiger partial charge in [-0.25, -0.2) is 4.98 Å². The number of carbonyl (C=O) groups excluding carboxylic acids is 1. The minimum absolute atomic E-state index is 0.258. The fraction of sp³-hybridized carbons (Fsp3) is 0.154. The fourth-order valence-corrected chi connectivity index (χ4v) is 1.59. The molecule has 0 unspecified atom stereocenters. The quantitative estimate of drug-likeness (QED) is 0.851. The van der Waals surface area contributed by atoms with Crippen LogP contribution in [-0.4, -0.2) is 22.9 Å². The summed E-state index contributed by atoms with van der Waals surface area (Å²) in [6, 6.07) is 7.64. The van der Waals surface area contributed by atoms with Crippen molar-refractivity contribution in [2.75, 3.05) is 12.4 Å². The van der Waals surface area contributed by atoms with Crippen LogP contribution in [0.5, 0.6) is 0 Å². The second-order valence-electron chi connectivity index (χ2n) is 3.73. The lowest BCUT2D eigenvalue weighted by Crippen LogP contribution is -2.16. The Balaban J connectivity index is 2.17. The summed E-state index contributed by atoms with van der Waals surface area (Å²) in [5.41, 5.74) is 2.11. The number of aromatic nitrogens is 2. The summed E-state index contributed by atoms with van der Waals surface area (Å²) in [6.07, 6.45) is 4.47. The topological polar surface area (TPSA) is 66.9 Å². The Labute approximate surface area is 105 Å². The van der Waals surface area contributed by atoms with Gasteiger partial charge in [-0.2, -0.15) is 0 Å². The molecule has 2 rings (SSSR count). The summed E-state index contributed by atoms with van der Waals surface area (Å²) in [7, 11) is 1.86. The Kier molecular flexibility index (Phi) is 3.98. The van der Waals surface area contributed by atoms with Crippen molar-refractivity contribution in [2.24, 2.45) is 0 Å². The summed E-state index contributed by atoms with van der Waals surface area (Å²) < 4.78 is 0. The molecule has 5 nitrogen and oxygen atoms in total. The van der Waals surface area contributed by atoms with E-state index >= 15 is 0 Å². The summed E-state index contributed by atoms with van der Waals surface area (Å²) in [6.45, 7) is 0.691. The van der Waals surface area contributed by atoms with Crippen LogP contribution in [0.1, 0.15) is 16.1 Å². The molecule has 18 heavy (non-hydrogen) atoms. The van der Waals surface area contributed by atoms with Gasteiger partial charge in [0.05, 0.1) is 6.20 Å². The molecule has 0 atom stereocenters. The number of nitrogens with one attached hydrogen (secondary N) is 2. The van der Waals surface area contributed by atoms with Crippen molar-refractivity contribution in [3.63, 3.8) is 0 Å². The van der Waals surface area contributed by atoms with Gasteiger partial charge in [-0.15, -0.1) is 0 Å². The van der Waals surface area contributed by atoms with Crippen molar-refractivity contribution in [1.82, 2.24) is 15.3 Å². The smallest absolute Gasteiger partial charge is 0.275 e. The zero-order chi connectivity index (χ0) is 12.8. The first-order valence-electron chi connectivity index (χ1n) is 5.61. The highest BCUT2D eigenvalue weighted by Crippen LogP contribution is 2.15. The van der Waals surface area contributed by atoms with E-state index in [0.717, 1.165) is 11.3 Å². The predicted octanol–water partition coefficient (Wildman–Crippen LogP) is 1.45. The summed E-state index contributed by atoms with van der Waals surface area (Å²) in [5.74, 6) is -0.258. The molecule has 1 aromatic carbocycles. The van der Waals surface area contributed by atoms with E-state index in [4.69, 9.17) is 0 Å². The lowest BCUT2D eigenvalue weighted by Gasteiger charge is -2.10. The largest absolute Gasteiger partial charge is 0.320 e. The van der Waals surface area contributed by atoms with Crippen LogP contribution in [0.2, 0.25) is 0 Å². The third kappa shape index (κ3) is 2.89. The van der Waals surface area contributed by atoms with Crippen molar-refractivity contribution >= 4 is 11.6 Å². The Bertz CT molecular complexity index is 528. The molecule has 0 aliphatic heterocycles. The number of carbonyl (C=O) groups is 1. The maximum atomic E-state index is 11.9. The van der Waals surface area contributed by atoms with Gasteiger partial charge in [0, 0.05) is 24.6 Å². The lowest BCUT2D eigenvalue weighted by atomic mass is 10.1. The van der Waals surface area contributed by atoms with Crippen molar-refractivity contribution < 1.29 is 4.79 Å². The van der Waals surface area contributed by atoms with Crippen LogP contribution in [0.3, 0.4) is 0 Å². The Morgan fingerprint density at radius 1 is 1.28 bits per heavy atom. The molecule has 0 fully saturated rings. The van der Waals surface area contributed by atoms with Crippen molar-refractivity contribution in [3.8, 4) is 0 Å². The van der Waals surface area contributed by atoms with Crippen LogP contribution in [0, 0.1) is 0 Å². The molecule has 0 radical (unpaired) electrons. The van der Waals surface area contributed by atoms with Gasteiger partial charge in [-0.3, -0.25) is 9.78 Å². The molecule has 0 aliphatic carbocycles. The van der Waals surface area contributed by atoms with Gasteiger partial charge in [-0.1, -0.05) is 18.2 Å². The minimum atomic E-state index is -0.258. The third-order valence-electron chi connectivity index (χ3n) is 2.43. The number of rotatable bonds is 4. The van der Waals surface area contributed by atoms with Crippen molar-refractivity contribution in [2.45, 2.75) is 6.54 Å². The van der Waals surface area contributed by atoms with E-state index in [1.165, 1.54) is 18.6 Å². The summed E-state index contributed by atoms with van der Waals surface area (Å²) in [4.78, 5) is 19.8. The van der Waals surface area contributed by atoms with E-state index in [1.54, 1.807) is 0 Å². The van der Waals surface area contributed by atoms with E-state index in [9.17, 15) is 4.79 Å². The number of anilines is 1. The Morgan fingerprint density at radius 2 is 2.11 bits per heavy atom. The molecule has 2 N–H and O–H groups in total. The van der Waals surface area contributed by atoms with Gasteiger partial charge in [-0.05, 0) is 18.7 Å². The molecule has 0 spiro atoms. The first-order chi connectivity index (χ1) is 8.81. The van der Waals surface area contributed by atoms with Crippen LogP contribution in [0.4, 0.5) is 5.69 Å². The van der Waals surface area contributed by atoms with E-state index in [1.807, 2.05) is 31.3 Å². The molecule has 92 valence electrons. The molecule has 1 amide bonds. The molecule has 1 heterocycles. The minimum Gasteiger partial charge on any atom is -0.320 e. The van der Waals surface area contributed by atoms with E-state index in [0.29, 0.717) is 12.2 Å². The van der Waals surface area contributed by atoms with Crippen molar-refractivity contribution in [3.05, 3.63) is 54.1 Å². The molecule has 0 bridgehead atoms. The zero-order valence-electron chi connectivity index (χ0n) is 10.1. The summed E-state index contributed by atoms with van der Waals surface area (Å²) >= 11 is 0. The maximum Gasteiger partial charge on any atom is 0.275 e. The molecule has 0 saturated heterocycles. The first-order valence-corrected chi connectivity index (χ1v) is 5.61. The molecular weight excluding hydrogens is 228 g/mol. The van der Waals surface area contributed by atoms with E-state index < -0.39 is 0 Å². The molecule has 5 heteroatoms. The Hall–Kier alpha value is -2.27. The highest BCUT2D eigenvalue weighted by molar-refractivity contribution is 6.03. The number of benzene rings is 1. The average molecular weight is 242 g/mol. The lowest BCUT2D eigenvalue weighted by molar-refractivity contribution is 0.102. The highest BCUT2D eigenvalue weighted by atomic mass is 16.1. The van der Waals surface area contributed by atoms with Crippen LogP contribution in [-0.2, 0) is 6.54 Å². The van der Waals surface area contributed by atoms with Crippen LogP contribution in [0.15, 0.2) is 42.9 Å². The van der Waals surface area contributed by atoms with Gasteiger partial charge in [0.2, 0.25) is 0 Å². The molecule has 0 saturated carbocycles. The fourth-order valence-electron chi connectivity index (χ4n) is 1.59. The number of para-hydroxylation sites is 1.